The number of pyridine rings is 1. The first-order chi connectivity index (χ1) is 17.1. The summed E-state index contributed by atoms with van der Waals surface area (Å²) >= 11 is 3.48. The molecule has 0 saturated carbocycles. The smallest absolute Gasteiger partial charge is 0.162 e. The molecular formula is C25H17BrFN7O. The van der Waals surface area contributed by atoms with Gasteiger partial charge in [0.25, 0.3) is 0 Å². The highest BCUT2D eigenvalue weighted by Crippen LogP contribution is 2.25. The van der Waals surface area contributed by atoms with E-state index in [-0.39, 0.29) is 12.4 Å². The Balaban J connectivity index is 1.30. The zero-order chi connectivity index (χ0) is 24.2. The van der Waals surface area contributed by atoms with Gasteiger partial charge in [-0.3, -0.25) is 4.40 Å². The average Bonchev–Trinajstić information content (AvgIpc) is 3.47. The summed E-state index contributed by atoms with van der Waals surface area (Å²) in [4.78, 5) is 10.2. The summed E-state index contributed by atoms with van der Waals surface area (Å²) in [5, 5.41) is 21.3. The zero-order valence-electron chi connectivity index (χ0n) is 18.2. The normalized spacial score (nSPS) is 11.2. The molecule has 0 spiro atoms. The van der Waals surface area contributed by atoms with Crippen LogP contribution in [0.5, 0.6) is 0 Å². The minimum Gasteiger partial charge on any atom is -0.389 e. The summed E-state index contributed by atoms with van der Waals surface area (Å²) in [6.45, 7) is 0.663. The second-order valence-electron chi connectivity index (χ2n) is 7.65. The minimum absolute atomic E-state index is 0.135. The monoisotopic (exact) mass is 529 g/mol. The second kappa shape index (κ2) is 9.87. The van der Waals surface area contributed by atoms with E-state index in [9.17, 15) is 4.39 Å². The number of fused-ring (bicyclic) bond motifs is 1. The summed E-state index contributed by atoms with van der Waals surface area (Å²) in [5.41, 5.74) is 5.07. The molecule has 0 fully saturated rings. The SMILES string of the molecule is N#Cc1ccc(Cn2cc(CO/N=C/c3c(-c4ccc(F)cc4)nc4ccc(Br)cn34)nn2)cc1. The van der Waals surface area contributed by atoms with Gasteiger partial charge >= 0.3 is 0 Å². The summed E-state index contributed by atoms with van der Waals surface area (Å²) in [6, 6.07) is 19.3. The Morgan fingerprint density at radius 1 is 1.06 bits per heavy atom. The first-order valence-corrected chi connectivity index (χ1v) is 11.4. The lowest BCUT2D eigenvalue weighted by Crippen LogP contribution is -2.00. The molecule has 0 N–H and O–H groups in total. The van der Waals surface area contributed by atoms with Gasteiger partial charge < -0.3 is 4.84 Å². The Bertz CT molecular complexity index is 1550. The van der Waals surface area contributed by atoms with E-state index in [2.05, 4.69) is 42.5 Å². The van der Waals surface area contributed by atoms with Crippen molar-refractivity contribution in [1.82, 2.24) is 24.4 Å². The number of benzene rings is 2. The van der Waals surface area contributed by atoms with E-state index in [1.54, 1.807) is 41.4 Å². The Hall–Kier alpha value is -4.36. The summed E-state index contributed by atoms with van der Waals surface area (Å²) in [6.07, 6.45) is 5.24. The molecule has 2 aromatic carbocycles. The highest BCUT2D eigenvalue weighted by Gasteiger charge is 2.13. The van der Waals surface area contributed by atoms with Gasteiger partial charge in [-0.15, -0.1) is 5.10 Å². The first-order valence-electron chi connectivity index (χ1n) is 10.6. The van der Waals surface area contributed by atoms with Crippen molar-refractivity contribution < 1.29 is 9.23 Å². The predicted octanol–water partition coefficient (Wildman–Crippen LogP) is 4.97. The number of halogens is 2. The van der Waals surface area contributed by atoms with Crippen LogP contribution in [0.4, 0.5) is 4.39 Å². The molecule has 10 heteroatoms. The number of nitrogens with zero attached hydrogens (tertiary/aromatic N) is 7. The third-order valence-corrected chi connectivity index (χ3v) is 5.68. The third-order valence-electron chi connectivity index (χ3n) is 5.21. The van der Waals surface area contributed by atoms with Gasteiger partial charge in [0.1, 0.15) is 17.2 Å². The van der Waals surface area contributed by atoms with Crippen molar-refractivity contribution in [3.05, 3.63) is 106 Å². The molecule has 0 amide bonds. The fraction of sp³-hybridized carbons (Fsp3) is 0.0800. The molecule has 5 rings (SSSR count). The Morgan fingerprint density at radius 2 is 1.86 bits per heavy atom. The van der Waals surface area contributed by atoms with Crippen LogP contribution in [0.15, 0.2) is 82.7 Å². The number of imidazole rings is 1. The van der Waals surface area contributed by atoms with E-state index in [0.29, 0.717) is 29.2 Å². The molecule has 0 radical (unpaired) electrons. The molecule has 0 atom stereocenters. The lowest BCUT2D eigenvalue weighted by Gasteiger charge is -2.01. The molecule has 172 valence electrons. The van der Waals surface area contributed by atoms with Crippen LogP contribution < -0.4 is 0 Å². The van der Waals surface area contributed by atoms with Gasteiger partial charge in [0.05, 0.1) is 42.0 Å². The maximum Gasteiger partial charge on any atom is 0.162 e. The van der Waals surface area contributed by atoms with Crippen molar-refractivity contribution in [3.63, 3.8) is 0 Å². The molecular weight excluding hydrogens is 513 g/mol. The van der Waals surface area contributed by atoms with Gasteiger partial charge in [0.15, 0.2) is 6.61 Å². The maximum absolute atomic E-state index is 13.4. The number of hydrogen-bond acceptors (Lipinski definition) is 6. The van der Waals surface area contributed by atoms with E-state index in [4.69, 9.17) is 10.1 Å². The molecule has 35 heavy (non-hydrogen) atoms. The largest absolute Gasteiger partial charge is 0.389 e. The number of oxime groups is 1. The molecule has 0 unspecified atom stereocenters. The van der Waals surface area contributed by atoms with Crippen molar-refractivity contribution in [2.45, 2.75) is 13.2 Å². The lowest BCUT2D eigenvalue weighted by atomic mass is 10.1. The summed E-state index contributed by atoms with van der Waals surface area (Å²) in [7, 11) is 0. The van der Waals surface area contributed by atoms with E-state index < -0.39 is 0 Å². The van der Waals surface area contributed by atoms with Crippen LogP contribution in [0.2, 0.25) is 0 Å². The van der Waals surface area contributed by atoms with Crippen molar-refractivity contribution in [1.29, 1.82) is 5.26 Å². The summed E-state index contributed by atoms with van der Waals surface area (Å²) < 4.78 is 17.9. The molecule has 0 bridgehead atoms. The molecule has 0 aliphatic heterocycles. The van der Waals surface area contributed by atoms with Crippen LogP contribution in [-0.4, -0.2) is 30.6 Å². The highest BCUT2D eigenvalue weighted by molar-refractivity contribution is 9.10. The van der Waals surface area contributed by atoms with Crippen LogP contribution in [0, 0.1) is 17.1 Å². The average molecular weight is 530 g/mol. The molecule has 3 aromatic heterocycles. The van der Waals surface area contributed by atoms with Gasteiger partial charge in [0.2, 0.25) is 0 Å². The molecule has 0 aliphatic carbocycles. The van der Waals surface area contributed by atoms with Crippen LogP contribution in [-0.2, 0) is 18.0 Å². The van der Waals surface area contributed by atoms with E-state index in [0.717, 1.165) is 21.2 Å². The van der Waals surface area contributed by atoms with Crippen molar-refractivity contribution in [3.8, 4) is 17.3 Å². The van der Waals surface area contributed by atoms with Crippen LogP contribution >= 0.6 is 15.9 Å². The molecule has 8 nitrogen and oxygen atoms in total. The van der Waals surface area contributed by atoms with Crippen molar-refractivity contribution in [2.24, 2.45) is 5.16 Å². The third kappa shape index (κ3) is 5.10. The number of aromatic nitrogens is 5. The van der Waals surface area contributed by atoms with Crippen molar-refractivity contribution >= 4 is 27.8 Å². The quantitative estimate of drug-likeness (QED) is 0.219. The molecule has 0 saturated heterocycles. The highest BCUT2D eigenvalue weighted by atomic mass is 79.9. The topological polar surface area (TPSA) is 93.4 Å². The van der Waals surface area contributed by atoms with Crippen molar-refractivity contribution in [2.75, 3.05) is 0 Å². The van der Waals surface area contributed by atoms with E-state index in [1.807, 2.05) is 34.9 Å². The van der Waals surface area contributed by atoms with E-state index >= 15 is 0 Å². The summed E-state index contributed by atoms with van der Waals surface area (Å²) in [5.74, 6) is -0.314. The molecule has 0 aliphatic rings. The lowest BCUT2D eigenvalue weighted by molar-refractivity contribution is 0.129. The Labute approximate surface area is 208 Å². The minimum atomic E-state index is -0.314. The second-order valence-corrected chi connectivity index (χ2v) is 8.57. The standard InChI is InChI=1S/C25H17BrFN7O/c26-20-7-10-24-30-25(19-5-8-21(27)9-6-19)23(34(24)14-20)12-29-35-16-22-15-33(32-31-22)13-18-3-1-17(11-28)2-4-18/h1-10,12,14-15H,13,16H2/b29-12+. The number of hydrogen-bond donors (Lipinski definition) is 0. The zero-order valence-corrected chi connectivity index (χ0v) is 19.8. The molecule has 3 heterocycles. The van der Waals surface area contributed by atoms with Gasteiger partial charge in [0, 0.05) is 16.2 Å². The molecule has 5 aromatic rings. The maximum atomic E-state index is 13.4. The Kier molecular flexibility index (Phi) is 6.32. The fourth-order valence-corrected chi connectivity index (χ4v) is 3.86. The number of nitriles is 1. The number of rotatable bonds is 7. The predicted molar refractivity (Wildman–Crippen MR) is 131 cm³/mol. The van der Waals surface area contributed by atoms with Crippen LogP contribution in [0.25, 0.3) is 16.9 Å². The van der Waals surface area contributed by atoms with Crippen LogP contribution in [0.1, 0.15) is 22.5 Å². The van der Waals surface area contributed by atoms with Gasteiger partial charge in [-0.05, 0) is 70.0 Å². The van der Waals surface area contributed by atoms with Gasteiger partial charge in [-0.2, -0.15) is 5.26 Å². The van der Waals surface area contributed by atoms with E-state index in [1.165, 1.54) is 12.1 Å². The Morgan fingerprint density at radius 3 is 2.63 bits per heavy atom. The van der Waals surface area contributed by atoms with Gasteiger partial charge in [-0.1, -0.05) is 22.5 Å². The fourth-order valence-electron chi connectivity index (χ4n) is 3.52. The van der Waals surface area contributed by atoms with Crippen LogP contribution in [0.3, 0.4) is 0 Å². The first kappa shape index (κ1) is 22.4. The van der Waals surface area contributed by atoms with Gasteiger partial charge in [-0.25, -0.2) is 14.1 Å².